The minimum absolute atomic E-state index is 0.123. The molecular weight excluding hydrogens is 446 g/mol. The van der Waals surface area contributed by atoms with E-state index in [0.29, 0.717) is 16.4 Å². The Hall–Kier alpha value is -2.69. The normalized spacial score (nSPS) is 11.5. The Morgan fingerprint density at radius 2 is 1.91 bits per heavy atom. The molecule has 0 saturated carbocycles. The van der Waals surface area contributed by atoms with Crippen molar-refractivity contribution in [3.63, 3.8) is 0 Å². The molecule has 32 heavy (non-hydrogen) atoms. The number of sulfonamides is 1. The van der Waals surface area contributed by atoms with E-state index in [4.69, 9.17) is 0 Å². The third kappa shape index (κ3) is 5.56. The summed E-state index contributed by atoms with van der Waals surface area (Å²) in [5.41, 5.74) is 3.15. The summed E-state index contributed by atoms with van der Waals surface area (Å²) in [5, 5.41) is 12.1. The Morgan fingerprint density at radius 3 is 2.59 bits per heavy atom. The van der Waals surface area contributed by atoms with E-state index in [-0.39, 0.29) is 16.6 Å². The smallest absolute Gasteiger partial charge is 0.240 e. The number of nitrogens with zero attached hydrogens (tertiary/aromatic N) is 3. The first-order valence-electron chi connectivity index (χ1n) is 10.2. The van der Waals surface area contributed by atoms with E-state index in [1.807, 2.05) is 29.7 Å². The maximum atomic E-state index is 12.5. The standard InChI is InChI=1S/C22H27N5O3S2/c1-5-11-27-21(17-8-6-7-15(2)12-17)25-26-22(27)31-14-20(28)24-18-10-9-16(3)19(13-18)32(29,30)23-4/h6-10,12-13,23H,5,11,14H2,1-4H3,(H,24,28). The predicted molar refractivity (Wildman–Crippen MR) is 127 cm³/mol. The van der Waals surface area contributed by atoms with E-state index in [1.54, 1.807) is 19.1 Å². The summed E-state index contributed by atoms with van der Waals surface area (Å²) in [7, 11) is -2.25. The van der Waals surface area contributed by atoms with Gasteiger partial charge in [0.05, 0.1) is 10.6 Å². The molecule has 2 N–H and O–H groups in total. The summed E-state index contributed by atoms with van der Waals surface area (Å²) in [6.45, 7) is 6.55. The highest BCUT2D eigenvalue weighted by Gasteiger charge is 2.17. The molecule has 0 aliphatic carbocycles. The molecule has 2 aromatic carbocycles. The largest absolute Gasteiger partial charge is 0.325 e. The van der Waals surface area contributed by atoms with Gasteiger partial charge in [0.1, 0.15) is 0 Å². The number of hydrogen-bond acceptors (Lipinski definition) is 6. The van der Waals surface area contributed by atoms with Crippen LogP contribution in [0.5, 0.6) is 0 Å². The van der Waals surface area contributed by atoms with Crippen molar-refractivity contribution < 1.29 is 13.2 Å². The van der Waals surface area contributed by atoms with Crippen LogP contribution in [-0.2, 0) is 21.4 Å². The van der Waals surface area contributed by atoms with Crippen molar-refractivity contribution >= 4 is 33.4 Å². The second kappa shape index (κ2) is 10.3. The van der Waals surface area contributed by atoms with Gasteiger partial charge in [0, 0.05) is 17.8 Å². The highest BCUT2D eigenvalue weighted by atomic mass is 32.2. The van der Waals surface area contributed by atoms with Crippen LogP contribution in [0.3, 0.4) is 0 Å². The van der Waals surface area contributed by atoms with Crippen LogP contribution in [0.25, 0.3) is 11.4 Å². The van der Waals surface area contributed by atoms with Crippen molar-refractivity contribution in [2.75, 3.05) is 18.1 Å². The van der Waals surface area contributed by atoms with Crippen molar-refractivity contribution in [1.82, 2.24) is 19.5 Å². The van der Waals surface area contributed by atoms with Crippen LogP contribution in [0, 0.1) is 13.8 Å². The fourth-order valence-electron chi connectivity index (χ4n) is 3.22. The van der Waals surface area contributed by atoms with Crippen LogP contribution in [0.1, 0.15) is 24.5 Å². The molecule has 0 aliphatic rings. The maximum absolute atomic E-state index is 12.5. The molecule has 0 spiro atoms. The molecule has 1 aromatic heterocycles. The van der Waals surface area contributed by atoms with Gasteiger partial charge in [-0.2, -0.15) is 0 Å². The third-order valence-corrected chi connectivity index (χ3v) is 7.33. The van der Waals surface area contributed by atoms with Gasteiger partial charge >= 0.3 is 0 Å². The molecule has 0 bridgehead atoms. The number of thioether (sulfide) groups is 1. The van der Waals surface area contributed by atoms with E-state index in [0.717, 1.165) is 29.9 Å². The molecule has 0 fully saturated rings. The lowest BCUT2D eigenvalue weighted by Gasteiger charge is -2.11. The van der Waals surface area contributed by atoms with Crippen molar-refractivity contribution in [3.05, 3.63) is 53.6 Å². The average Bonchev–Trinajstić information content (AvgIpc) is 3.16. The SMILES string of the molecule is CCCn1c(SCC(=O)Nc2ccc(C)c(S(=O)(=O)NC)c2)nnc1-c1cccc(C)c1. The number of amides is 1. The first-order chi connectivity index (χ1) is 15.2. The van der Waals surface area contributed by atoms with Crippen LogP contribution in [0.15, 0.2) is 52.5 Å². The van der Waals surface area contributed by atoms with Gasteiger partial charge in [-0.1, -0.05) is 48.5 Å². The van der Waals surface area contributed by atoms with E-state index >= 15 is 0 Å². The Bertz CT molecular complexity index is 1220. The van der Waals surface area contributed by atoms with Crippen LogP contribution >= 0.6 is 11.8 Å². The number of rotatable bonds is 9. The molecule has 0 aliphatic heterocycles. The number of aromatic nitrogens is 3. The van der Waals surface area contributed by atoms with Gasteiger partial charge in [0.15, 0.2) is 11.0 Å². The van der Waals surface area contributed by atoms with E-state index in [1.165, 1.54) is 24.9 Å². The highest BCUT2D eigenvalue weighted by Crippen LogP contribution is 2.26. The zero-order valence-electron chi connectivity index (χ0n) is 18.5. The fourth-order valence-corrected chi connectivity index (χ4v) is 4.98. The van der Waals surface area contributed by atoms with E-state index in [9.17, 15) is 13.2 Å². The third-order valence-electron chi connectivity index (χ3n) is 4.80. The monoisotopic (exact) mass is 473 g/mol. The van der Waals surface area contributed by atoms with Gasteiger partial charge in [-0.25, -0.2) is 13.1 Å². The topological polar surface area (TPSA) is 106 Å². The minimum Gasteiger partial charge on any atom is -0.325 e. The Balaban J connectivity index is 1.74. The Kier molecular flexibility index (Phi) is 7.70. The summed E-state index contributed by atoms with van der Waals surface area (Å²) < 4.78 is 28.7. The zero-order chi connectivity index (χ0) is 23.3. The summed E-state index contributed by atoms with van der Waals surface area (Å²) in [4.78, 5) is 12.7. The number of carbonyl (C=O) groups excluding carboxylic acids is 1. The predicted octanol–water partition coefficient (Wildman–Crippen LogP) is 3.61. The molecule has 0 unspecified atom stereocenters. The molecule has 0 radical (unpaired) electrons. The molecule has 8 nitrogen and oxygen atoms in total. The lowest BCUT2D eigenvalue weighted by molar-refractivity contribution is -0.113. The fraction of sp³-hybridized carbons (Fsp3) is 0.318. The van der Waals surface area contributed by atoms with Crippen molar-refractivity contribution in [2.45, 2.75) is 43.8 Å². The lowest BCUT2D eigenvalue weighted by Crippen LogP contribution is -2.20. The molecule has 0 atom stereocenters. The van der Waals surface area contributed by atoms with Gasteiger partial charge in [0.25, 0.3) is 0 Å². The molecule has 1 heterocycles. The number of carbonyl (C=O) groups is 1. The van der Waals surface area contributed by atoms with Crippen molar-refractivity contribution in [2.24, 2.45) is 0 Å². The van der Waals surface area contributed by atoms with Gasteiger partial charge in [-0.15, -0.1) is 10.2 Å². The van der Waals surface area contributed by atoms with Gasteiger partial charge in [-0.3, -0.25) is 4.79 Å². The van der Waals surface area contributed by atoms with Gasteiger partial charge in [-0.05, 0) is 51.1 Å². The second-order valence-corrected chi connectivity index (χ2v) is 10.1. The molecule has 3 aromatic rings. The summed E-state index contributed by atoms with van der Waals surface area (Å²) >= 11 is 1.30. The summed E-state index contributed by atoms with van der Waals surface area (Å²) in [5.74, 6) is 0.645. The maximum Gasteiger partial charge on any atom is 0.240 e. The molecule has 0 saturated heterocycles. The highest BCUT2D eigenvalue weighted by molar-refractivity contribution is 7.99. The van der Waals surface area contributed by atoms with Gasteiger partial charge in [0.2, 0.25) is 15.9 Å². The molecular formula is C22H27N5O3S2. The summed E-state index contributed by atoms with van der Waals surface area (Å²) in [6, 6.07) is 12.9. The van der Waals surface area contributed by atoms with Crippen LogP contribution < -0.4 is 10.0 Å². The van der Waals surface area contributed by atoms with Crippen LogP contribution in [-0.4, -0.2) is 41.9 Å². The molecule has 10 heteroatoms. The zero-order valence-corrected chi connectivity index (χ0v) is 20.2. The summed E-state index contributed by atoms with van der Waals surface area (Å²) in [6.07, 6.45) is 0.905. The van der Waals surface area contributed by atoms with Crippen LogP contribution in [0.2, 0.25) is 0 Å². The average molecular weight is 474 g/mol. The van der Waals surface area contributed by atoms with Crippen LogP contribution in [0.4, 0.5) is 5.69 Å². The van der Waals surface area contributed by atoms with Gasteiger partial charge < -0.3 is 9.88 Å². The number of nitrogens with one attached hydrogen (secondary N) is 2. The lowest BCUT2D eigenvalue weighted by atomic mass is 10.1. The first kappa shape index (κ1) is 24.0. The number of hydrogen-bond donors (Lipinski definition) is 2. The Morgan fingerprint density at radius 1 is 1.12 bits per heavy atom. The van der Waals surface area contributed by atoms with E-state index < -0.39 is 10.0 Å². The Labute approximate surface area is 192 Å². The minimum atomic E-state index is -3.61. The second-order valence-electron chi connectivity index (χ2n) is 7.35. The van der Waals surface area contributed by atoms with Crippen molar-refractivity contribution in [3.8, 4) is 11.4 Å². The number of aryl methyl sites for hydroxylation is 2. The molecule has 1 amide bonds. The number of benzene rings is 2. The molecule has 170 valence electrons. The molecule has 3 rings (SSSR count). The number of anilines is 1. The van der Waals surface area contributed by atoms with E-state index in [2.05, 4.69) is 33.2 Å². The quantitative estimate of drug-likeness (QED) is 0.460. The van der Waals surface area contributed by atoms with Crippen molar-refractivity contribution in [1.29, 1.82) is 0 Å². The first-order valence-corrected chi connectivity index (χ1v) is 12.7.